The van der Waals surface area contributed by atoms with Crippen LogP contribution in [0.4, 0.5) is 5.69 Å². The van der Waals surface area contributed by atoms with Gasteiger partial charge in [0.2, 0.25) is 5.91 Å². The Labute approximate surface area is 178 Å². The Kier molecular flexibility index (Phi) is 6.87. The summed E-state index contributed by atoms with van der Waals surface area (Å²) < 4.78 is 2.09. The average molecular weight is 429 g/mol. The third-order valence-electron chi connectivity index (χ3n) is 4.58. The summed E-state index contributed by atoms with van der Waals surface area (Å²) in [5.74, 6) is 0.889. The number of nitrogens with zero attached hydrogens (tertiary/aromatic N) is 3. The fraction of sp³-hybridized carbons (Fsp3) is 0.333. The first-order chi connectivity index (χ1) is 13.9. The maximum atomic E-state index is 12.4. The molecule has 8 heteroatoms. The molecule has 0 aliphatic rings. The van der Waals surface area contributed by atoms with Crippen LogP contribution in [0, 0.1) is 13.8 Å². The molecule has 1 amide bonds. The number of benzene rings is 1. The Morgan fingerprint density at radius 2 is 2.03 bits per heavy atom. The highest BCUT2D eigenvalue weighted by atomic mass is 32.2. The molecule has 152 valence electrons. The van der Waals surface area contributed by atoms with E-state index in [1.54, 1.807) is 35.6 Å². The molecule has 0 unspecified atom stereocenters. The number of thioether (sulfide) groups is 1. The summed E-state index contributed by atoms with van der Waals surface area (Å²) in [5, 5.41) is 14.4. The van der Waals surface area contributed by atoms with Gasteiger partial charge in [0.1, 0.15) is 0 Å². The van der Waals surface area contributed by atoms with E-state index >= 15 is 0 Å². The van der Waals surface area contributed by atoms with E-state index in [1.807, 2.05) is 0 Å². The molecule has 0 atom stereocenters. The van der Waals surface area contributed by atoms with Gasteiger partial charge in [-0.3, -0.25) is 9.59 Å². The van der Waals surface area contributed by atoms with Crippen molar-refractivity contribution in [3.05, 3.63) is 45.6 Å². The summed E-state index contributed by atoms with van der Waals surface area (Å²) in [6.07, 6.45) is 0.949. The molecule has 6 nitrogen and oxygen atoms in total. The van der Waals surface area contributed by atoms with Crippen molar-refractivity contribution in [3.8, 4) is 11.4 Å². The number of carbonyl (C=O) groups is 2. The van der Waals surface area contributed by atoms with Crippen LogP contribution in [0.15, 0.2) is 34.8 Å². The number of rotatable bonds is 8. The lowest BCUT2D eigenvalue weighted by Crippen LogP contribution is -2.15. The van der Waals surface area contributed by atoms with Gasteiger partial charge in [-0.05, 0) is 44.9 Å². The maximum absolute atomic E-state index is 12.4. The standard InChI is InChI=1S/C21H24N4O2S2/c1-5-9-25-20(18-11-28-15(4)13(18)2)23-24-21(25)29-12-19(27)22-17-8-6-7-16(10-17)14(3)26/h6-8,10-11H,5,9,12H2,1-4H3,(H,22,27). The van der Waals surface area contributed by atoms with Gasteiger partial charge in [0, 0.05) is 33.6 Å². The fourth-order valence-electron chi connectivity index (χ4n) is 2.90. The summed E-state index contributed by atoms with van der Waals surface area (Å²) in [7, 11) is 0. The lowest BCUT2D eigenvalue weighted by Gasteiger charge is -2.09. The molecule has 0 saturated carbocycles. The van der Waals surface area contributed by atoms with E-state index < -0.39 is 0 Å². The van der Waals surface area contributed by atoms with Crippen LogP contribution in [-0.4, -0.2) is 32.2 Å². The van der Waals surface area contributed by atoms with E-state index in [9.17, 15) is 9.59 Å². The zero-order valence-corrected chi connectivity index (χ0v) is 18.6. The molecule has 0 spiro atoms. The number of anilines is 1. The van der Waals surface area contributed by atoms with Crippen LogP contribution in [0.3, 0.4) is 0 Å². The molecule has 0 radical (unpaired) electrons. The molecular weight excluding hydrogens is 404 g/mol. The molecule has 1 aromatic carbocycles. The summed E-state index contributed by atoms with van der Waals surface area (Å²) >= 11 is 3.08. The van der Waals surface area contributed by atoms with Gasteiger partial charge in [0.25, 0.3) is 0 Å². The molecular formula is C21H24N4O2S2. The van der Waals surface area contributed by atoms with Crippen molar-refractivity contribution in [1.29, 1.82) is 0 Å². The van der Waals surface area contributed by atoms with Gasteiger partial charge in [-0.25, -0.2) is 0 Å². The van der Waals surface area contributed by atoms with Gasteiger partial charge in [0.05, 0.1) is 5.75 Å². The van der Waals surface area contributed by atoms with Gasteiger partial charge in [-0.1, -0.05) is 30.8 Å². The molecule has 0 saturated heterocycles. The molecule has 0 aliphatic carbocycles. The van der Waals surface area contributed by atoms with Crippen LogP contribution in [0.5, 0.6) is 0 Å². The lowest BCUT2D eigenvalue weighted by atomic mass is 10.1. The number of hydrogen-bond donors (Lipinski definition) is 1. The second-order valence-corrected chi connectivity index (χ2v) is 8.79. The van der Waals surface area contributed by atoms with Crippen molar-refractivity contribution in [2.24, 2.45) is 0 Å². The van der Waals surface area contributed by atoms with E-state index in [-0.39, 0.29) is 17.4 Å². The molecule has 2 aromatic heterocycles. The summed E-state index contributed by atoms with van der Waals surface area (Å²) in [6.45, 7) is 8.61. The monoisotopic (exact) mass is 428 g/mol. The average Bonchev–Trinajstić information content (AvgIpc) is 3.24. The number of Topliss-reactive ketones (excluding diaryl/α,β-unsaturated/α-hetero) is 1. The van der Waals surface area contributed by atoms with Crippen molar-refractivity contribution in [1.82, 2.24) is 14.8 Å². The van der Waals surface area contributed by atoms with Crippen molar-refractivity contribution >= 4 is 40.5 Å². The van der Waals surface area contributed by atoms with E-state index in [0.29, 0.717) is 11.3 Å². The number of thiophene rings is 1. The number of aromatic nitrogens is 3. The Balaban J connectivity index is 1.72. The van der Waals surface area contributed by atoms with Gasteiger partial charge < -0.3 is 9.88 Å². The number of carbonyl (C=O) groups excluding carboxylic acids is 2. The van der Waals surface area contributed by atoms with Crippen LogP contribution < -0.4 is 5.32 Å². The van der Waals surface area contributed by atoms with E-state index in [1.165, 1.54) is 29.1 Å². The maximum Gasteiger partial charge on any atom is 0.234 e. The molecule has 3 rings (SSSR count). The smallest absolute Gasteiger partial charge is 0.234 e. The Morgan fingerprint density at radius 3 is 2.69 bits per heavy atom. The Bertz CT molecular complexity index is 1040. The minimum Gasteiger partial charge on any atom is -0.325 e. The van der Waals surface area contributed by atoms with Gasteiger partial charge >= 0.3 is 0 Å². The van der Waals surface area contributed by atoms with Gasteiger partial charge in [-0.2, -0.15) is 0 Å². The third kappa shape index (κ3) is 4.94. The first-order valence-electron chi connectivity index (χ1n) is 9.42. The zero-order valence-electron chi connectivity index (χ0n) is 17.0. The lowest BCUT2D eigenvalue weighted by molar-refractivity contribution is -0.113. The Morgan fingerprint density at radius 1 is 1.24 bits per heavy atom. The highest BCUT2D eigenvalue weighted by molar-refractivity contribution is 7.99. The predicted molar refractivity (Wildman–Crippen MR) is 119 cm³/mol. The van der Waals surface area contributed by atoms with E-state index in [4.69, 9.17) is 0 Å². The van der Waals surface area contributed by atoms with E-state index in [0.717, 1.165) is 29.5 Å². The summed E-state index contributed by atoms with van der Waals surface area (Å²) in [5.41, 5.74) is 3.51. The predicted octanol–water partition coefficient (Wildman–Crippen LogP) is 4.97. The quantitative estimate of drug-likeness (QED) is 0.405. The molecule has 0 bridgehead atoms. The van der Waals surface area contributed by atoms with Crippen molar-refractivity contribution in [3.63, 3.8) is 0 Å². The van der Waals surface area contributed by atoms with Gasteiger partial charge in [-0.15, -0.1) is 21.5 Å². The van der Waals surface area contributed by atoms with Crippen LogP contribution in [-0.2, 0) is 11.3 Å². The first kappa shape index (κ1) is 21.3. The van der Waals surface area contributed by atoms with Crippen LogP contribution in [0.25, 0.3) is 11.4 Å². The van der Waals surface area contributed by atoms with Crippen LogP contribution >= 0.6 is 23.1 Å². The SMILES string of the molecule is CCCn1c(SCC(=O)Nc2cccc(C(C)=O)c2)nnc1-c1csc(C)c1C. The van der Waals surface area contributed by atoms with Crippen molar-refractivity contribution < 1.29 is 9.59 Å². The topological polar surface area (TPSA) is 76.9 Å². The fourth-order valence-corrected chi connectivity index (χ4v) is 4.53. The second kappa shape index (κ2) is 9.37. The minimum absolute atomic E-state index is 0.0327. The first-order valence-corrected chi connectivity index (χ1v) is 11.3. The van der Waals surface area contributed by atoms with Gasteiger partial charge in [0.15, 0.2) is 16.8 Å². The molecule has 0 fully saturated rings. The number of ketones is 1. The van der Waals surface area contributed by atoms with Crippen molar-refractivity contribution in [2.45, 2.75) is 45.8 Å². The van der Waals surface area contributed by atoms with Crippen LogP contribution in [0.1, 0.15) is 41.1 Å². The molecule has 0 aliphatic heterocycles. The number of aryl methyl sites for hydroxylation is 1. The molecule has 29 heavy (non-hydrogen) atoms. The number of amides is 1. The number of hydrogen-bond acceptors (Lipinski definition) is 6. The van der Waals surface area contributed by atoms with Crippen molar-refractivity contribution in [2.75, 3.05) is 11.1 Å². The summed E-state index contributed by atoms with van der Waals surface area (Å²) in [6, 6.07) is 6.95. The van der Waals surface area contributed by atoms with Crippen LogP contribution in [0.2, 0.25) is 0 Å². The third-order valence-corrected chi connectivity index (χ3v) is 6.56. The number of nitrogens with one attached hydrogen (secondary N) is 1. The minimum atomic E-state index is -0.147. The second-order valence-electron chi connectivity index (χ2n) is 6.76. The highest BCUT2D eigenvalue weighted by Crippen LogP contribution is 2.31. The molecule has 2 heterocycles. The Hall–Kier alpha value is -2.45. The molecule has 3 aromatic rings. The normalized spacial score (nSPS) is 10.9. The summed E-state index contributed by atoms with van der Waals surface area (Å²) in [4.78, 5) is 25.2. The van der Waals surface area contributed by atoms with E-state index in [2.05, 4.69) is 46.2 Å². The zero-order chi connectivity index (χ0) is 21.0. The largest absolute Gasteiger partial charge is 0.325 e. The highest BCUT2D eigenvalue weighted by Gasteiger charge is 2.18. The molecule has 1 N–H and O–H groups in total.